The number of hydrogen-bond acceptors (Lipinski definition) is 6. The first-order chi connectivity index (χ1) is 12.4. The smallest absolute Gasteiger partial charge is 0.251 e. The minimum absolute atomic E-state index is 0.0309. The molecule has 2 aromatic rings. The zero-order valence-corrected chi connectivity index (χ0v) is 14.8. The SMILES string of the molecule is CC(NC(=O)c1ccc2c(c1)no[n+]2[O-])C1CCN(C(=O)[C@H](C)N)CC1. The lowest BCUT2D eigenvalue weighted by molar-refractivity contribution is -0.782. The fourth-order valence-corrected chi connectivity index (χ4v) is 3.33. The molecular weight excluding hydrogens is 338 g/mol. The number of nitrogens with two attached hydrogens (primary N) is 1. The van der Waals surface area contributed by atoms with Crippen molar-refractivity contribution in [1.82, 2.24) is 15.4 Å². The van der Waals surface area contributed by atoms with E-state index >= 15 is 0 Å². The molecule has 1 aliphatic heterocycles. The summed E-state index contributed by atoms with van der Waals surface area (Å²) in [4.78, 5) is 26.5. The van der Waals surface area contributed by atoms with E-state index in [4.69, 9.17) is 5.73 Å². The van der Waals surface area contributed by atoms with Gasteiger partial charge in [0.2, 0.25) is 16.9 Å². The fraction of sp³-hybridized carbons (Fsp3) is 0.529. The molecule has 0 spiro atoms. The van der Waals surface area contributed by atoms with Gasteiger partial charge in [-0.2, -0.15) is 0 Å². The van der Waals surface area contributed by atoms with E-state index in [0.29, 0.717) is 29.1 Å². The van der Waals surface area contributed by atoms with Crippen molar-refractivity contribution in [3.05, 3.63) is 29.0 Å². The molecule has 0 saturated carbocycles. The maximum absolute atomic E-state index is 12.5. The number of aromatic nitrogens is 2. The van der Waals surface area contributed by atoms with Gasteiger partial charge >= 0.3 is 0 Å². The van der Waals surface area contributed by atoms with E-state index < -0.39 is 6.04 Å². The first-order valence-electron chi connectivity index (χ1n) is 8.71. The van der Waals surface area contributed by atoms with E-state index in [-0.39, 0.29) is 29.3 Å². The van der Waals surface area contributed by atoms with E-state index in [1.165, 1.54) is 12.1 Å². The van der Waals surface area contributed by atoms with Crippen LogP contribution >= 0.6 is 0 Å². The Morgan fingerprint density at radius 3 is 2.73 bits per heavy atom. The van der Waals surface area contributed by atoms with Crippen molar-refractivity contribution in [2.24, 2.45) is 11.7 Å². The molecule has 2 heterocycles. The summed E-state index contributed by atoms with van der Waals surface area (Å²) in [5.74, 6) is 0.0289. The van der Waals surface area contributed by atoms with Crippen molar-refractivity contribution in [3.8, 4) is 0 Å². The Morgan fingerprint density at radius 1 is 1.38 bits per heavy atom. The summed E-state index contributed by atoms with van der Waals surface area (Å²) in [6.45, 7) is 4.96. The van der Waals surface area contributed by atoms with Gasteiger partial charge in [-0.05, 0) is 49.6 Å². The van der Waals surface area contributed by atoms with Gasteiger partial charge in [0, 0.05) is 35.9 Å². The zero-order valence-electron chi connectivity index (χ0n) is 14.8. The number of carbonyl (C=O) groups is 2. The highest BCUT2D eigenvalue weighted by molar-refractivity contribution is 5.97. The van der Waals surface area contributed by atoms with Gasteiger partial charge in [-0.1, -0.05) is 0 Å². The molecule has 1 aromatic carbocycles. The lowest BCUT2D eigenvalue weighted by atomic mass is 9.90. The van der Waals surface area contributed by atoms with Gasteiger partial charge in [0.1, 0.15) is 0 Å². The maximum atomic E-state index is 12.5. The second-order valence-corrected chi connectivity index (χ2v) is 6.85. The number of amides is 2. The highest BCUT2D eigenvalue weighted by atomic mass is 16.8. The molecule has 0 bridgehead atoms. The first kappa shape index (κ1) is 18.1. The molecule has 1 saturated heterocycles. The summed E-state index contributed by atoms with van der Waals surface area (Å²) in [6.07, 6.45) is 1.64. The van der Waals surface area contributed by atoms with Crippen LogP contribution in [0.2, 0.25) is 0 Å². The molecule has 1 aromatic heterocycles. The van der Waals surface area contributed by atoms with Crippen LogP contribution in [-0.4, -0.2) is 47.0 Å². The minimum atomic E-state index is -0.483. The Kier molecular flexibility index (Phi) is 5.08. The predicted molar refractivity (Wildman–Crippen MR) is 92.9 cm³/mol. The van der Waals surface area contributed by atoms with Gasteiger partial charge in [-0.3, -0.25) is 14.2 Å². The Labute approximate surface area is 150 Å². The number of fused-ring (bicyclic) bond motifs is 1. The van der Waals surface area contributed by atoms with Crippen LogP contribution in [0.15, 0.2) is 22.8 Å². The minimum Gasteiger partial charge on any atom is -0.359 e. The number of hydrogen-bond donors (Lipinski definition) is 2. The summed E-state index contributed by atoms with van der Waals surface area (Å²) in [5, 5.41) is 17.9. The Hall–Kier alpha value is -2.68. The van der Waals surface area contributed by atoms with Crippen LogP contribution in [0.4, 0.5) is 0 Å². The predicted octanol–water partition coefficient (Wildman–Crippen LogP) is 0.165. The molecule has 2 amide bonds. The molecule has 0 radical (unpaired) electrons. The summed E-state index contributed by atoms with van der Waals surface area (Å²) < 4.78 is 4.51. The van der Waals surface area contributed by atoms with E-state index in [1.807, 2.05) is 6.92 Å². The van der Waals surface area contributed by atoms with E-state index in [1.54, 1.807) is 17.9 Å². The highest BCUT2D eigenvalue weighted by Crippen LogP contribution is 2.21. The van der Waals surface area contributed by atoms with Crippen LogP contribution < -0.4 is 16.0 Å². The van der Waals surface area contributed by atoms with Crippen LogP contribution in [-0.2, 0) is 4.79 Å². The van der Waals surface area contributed by atoms with Crippen molar-refractivity contribution in [2.45, 2.75) is 38.8 Å². The molecule has 3 rings (SSSR count). The summed E-state index contributed by atoms with van der Waals surface area (Å²) >= 11 is 0. The average molecular weight is 361 g/mol. The summed E-state index contributed by atoms with van der Waals surface area (Å²) in [5.41, 5.74) is 6.69. The monoisotopic (exact) mass is 361 g/mol. The second kappa shape index (κ2) is 7.28. The molecule has 1 unspecified atom stereocenters. The Morgan fingerprint density at radius 2 is 2.08 bits per heavy atom. The molecule has 140 valence electrons. The Bertz CT molecular complexity index is 811. The molecule has 2 atom stereocenters. The molecule has 9 nitrogen and oxygen atoms in total. The van der Waals surface area contributed by atoms with Gasteiger partial charge in [0.05, 0.1) is 6.04 Å². The molecular formula is C17H23N5O4. The van der Waals surface area contributed by atoms with E-state index in [9.17, 15) is 14.8 Å². The third kappa shape index (κ3) is 3.62. The van der Waals surface area contributed by atoms with Crippen LogP contribution in [0.3, 0.4) is 0 Å². The molecule has 1 aliphatic rings. The molecule has 9 heteroatoms. The van der Waals surface area contributed by atoms with Crippen molar-refractivity contribution >= 4 is 22.8 Å². The largest absolute Gasteiger partial charge is 0.359 e. The number of nitrogens with one attached hydrogen (secondary N) is 1. The number of rotatable bonds is 4. The summed E-state index contributed by atoms with van der Waals surface area (Å²) in [6, 6.07) is 4.09. The van der Waals surface area contributed by atoms with Gasteiger partial charge in [-0.25, -0.2) is 0 Å². The van der Waals surface area contributed by atoms with Crippen LogP contribution in [0, 0.1) is 11.1 Å². The van der Waals surface area contributed by atoms with Crippen LogP contribution in [0.25, 0.3) is 11.0 Å². The topological polar surface area (TPSA) is 128 Å². The molecule has 0 aliphatic carbocycles. The van der Waals surface area contributed by atoms with Gasteiger partial charge in [-0.15, -0.1) is 0 Å². The average Bonchev–Trinajstić information content (AvgIpc) is 3.01. The number of likely N-dealkylation sites (tertiary alicyclic amines) is 1. The molecule has 3 N–H and O–H groups in total. The number of nitrogens with zero attached hydrogens (tertiary/aromatic N) is 3. The van der Waals surface area contributed by atoms with Crippen molar-refractivity contribution in [2.75, 3.05) is 13.1 Å². The molecule has 1 fully saturated rings. The standard InChI is InChI=1S/C17H23N5O4/c1-10(18)17(24)21-7-5-12(6-8-21)11(2)19-16(23)13-3-4-15-14(9-13)20-26-22(15)25/h3-4,9-12H,5-8,18H2,1-2H3,(H,19,23)/t10-,11?/m0/s1. The fourth-order valence-electron chi connectivity index (χ4n) is 3.33. The third-order valence-corrected chi connectivity index (χ3v) is 4.95. The molecule has 26 heavy (non-hydrogen) atoms. The van der Waals surface area contributed by atoms with Crippen molar-refractivity contribution in [1.29, 1.82) is 0 Å². The van der Waals surface area contributed by atoms with Crippen molar-refractivity contribution in [3.63, 3.8) is 0 Å². The van der Waals surface area contributed by atoms with E-state index in [0.717, 1.165) is 12.8 Å². The first-order valence-corrected chi connectivity index (χ1v) is 8.71. The summed E-state index contributed by atoms with van der Waals surface area (Å²) in [7, 11) is 0. The van der Waals surface area contributed by atoms with Crippen LogP contribution in [0.1, 0.15) is 37.0 Å². The zero-order chi connectivity index (χ0) is 18.8. The Balaban J connectivity index is 1.58. The third-order valence-electron chi connectivity index (χ3n) is 4.95. The van der Waals surface area contributed by atoms with Gasteiger partial charge in [0.25, 0.3) is 5.91 Å². The van der Waals surface area contributed by atoms with E-state index in [2.05, 4.69) is 15.1 Å². The lowest BCUT2D eigenvalue weighted by Crippen LogP contribution is -2.49. The van der Waals surface area contributed by atoms with Crippen molar-refractivity contribution < 1.29 is 19.1 Å². The quantitative estimate of drug-likeness (QED) is 0.747. The maximum Gasteiger partial charge on any atom is 0.251 e. The number of carbonyl (C=O) groups excluding carboxylic acids is 2. The lowest BCUT2D eigenvalue weighted by Gasteiger charge is -2.35. The second-order valence-electron chi connectivity index (χ2n) is 6.85. The number of benzene rings is 1. The van der Waals surface area contributed by atoms with Gasteiger partial charge < -0.3 is 21.2 Å². The van der Waals surface area contributed by atoms with Gasteiger partial charge in [0.15, 0.2) is 0 Å². The number of piperidine rings is 1. The normalized spacial score (nSPS) is 17.9. The van der Waals surface area contributed by atoms with Crippen LogP contribution in [0.5, 0.6) is 0 Å². The highest BCUT2D eigenvalue weighted by Gasteiger charge is 2.28.